The summed E-state index contributed by atoms with van der Waals surface area (Å²) in [4.78, 5) is 15.1. The summed E-state index contributed by atoms with van der Waals surface area (Å²) in [6, 6.07) is 10.4. The summed E-state index contributed by atoms with van der Waals surface area (Å²) in [7, 11) is 0. The molecule has 4 nitrogen and oxygen atoms in total. The van der Waals surface area contributed by atoms with Gasteiger partial charge in [0, 0.05) is 25.6 Å². The largest absolute Gasteiger partial charge is 0.341 e. The Bertz CT molecular complexity index is 510. The number of nitrogens with zero attached hydrogens (tertiary/aromatic N) is 1. The number of benzene rings is 1. The van der Waals surface area contributed by atoms with Crippen molar-refractivity contribution >= 4 is 5.91 Å². The van der Waals surface area contributed by atoms with Crippen LogP contribution in [-0.2, 0) is 4.79 Å². The second kappa shape index (κ2) is 6.39. The highest BCUT2D eigenvalue weighted by Crippen LogP contribution is 2.41. The summed E-state index contributed by atoms with van der Waals surface area (Å²) in [6.07, 6.45) is 4.14. The van der Waals surface area contributed by atoms with E-state index < -0.39 is 0 Å². The van der Waals surface area contributed by atoms with Gasteiger partial charge in [-0.25, -0.2) is 0 Å². The average Bonchev–Trinajstić information content (AvgIpc) is 3.22. The normalized spacial score (nSPS) is 27.3. The summed E-state index contributed by atoms with van der Waals surface area (Å²) in [6.45, 7) is 2.66. The van der Waals surface area contributed by atoms with Gasteiger partial charge in [-0.05, 0) is 30.9 Å². The molecule has 1 heterocycles. The lowest BCUT2D eigenvalue weighted by molar-refractivity contribution is -0.140. The van der Waals surface area contributed by atoms with Crippen molar-refractivity contribution in [2.75, 3.05) is 26.2 Å². The van der Waals surface area contributed by atoms with Crippen LogP contribution in [0, 0.1) is 11.3 Å². The second-order valence-electron chi connectivity index (χ2n) is 6.91. The molecule has 22 heavy (non-hydrogen) atoms. The summed E-state index contributed by atoms with van der Waals surface area (Å²) in [5.74, 6) is 0.971. The minimum atomic E-state index is -0.301. The Morgan fingerprint density at radius 2 is 1.82 bits per heavy atom. The Labute approximate surface area is 132 Å². The van der Waals surface area contributed by atoms with Crippen LogP contribution in [0.1, 0.15) is 37.2 Å². The Hall–Kier alpha value is -1.39. The molecule has 0 unspecified atom stereocenters. The molecule has 1 aliphatic heterocycles. The fourth-order valence-corrected chi connectivity index (χ4v) is 4.25. The van der Waals surface area contributed by atoms with E-state index in [9.17, 15) is 4.79 Å². The third-order valence-electron chi connectivity index (χ3n) is 5.66. The van der Waals surface area contributed by atoms with E-state index in [-0.39, 0.29) is 11.3 Å². The Balaban J connectivity index is 1.78. The molecular weight excluding hydrogens is 274 g/mol. The lowest BCUT2D eigenvalue weighted by atomic mass is 9.84. The standard InChI is InChI=1S/C18H27N3O/c19-10-15-11-21(12-16(15)14-6-2-1-3-7-14)17(22)18(13-20)8-4-5-9-18/h1-3,6-7,15-16H,4-5,8-13,19-20H2/t15-,16+/m1/s1. The van der Waals surface area contributed by atoms with Crippen molar-refractivity contribution in [1.29, 1.82) is 0 Å². The quantitative estimate of drug-likeness (QED) is 0.889. The molecule has 1 amide bonds. The number of hydrogen-bond acceptors (Lipinski definition) is 3. The highest BCUT2D eigenvalue weighted by Gasteiger charge is 2.45. The SMILES string of the molecule is NC[C@@H]1CN(C(=O)C2(CN)CCCC2)C[C@H]1c1ccccc1. The van der Waals surface area contributed by atoms with Crippen molar-refractivity contribution in [1.82, 2.24) is 4.90 Å². The smallest absolute Gasteiger partial charge is 0.230 e. The van der Waals surface area contributed by atoms with Gasteiger partial charge in [0.05, 0.1) is 5.41 Å². The van der Waals surface area contributed by atoms with Gasteiger partial charge in [-0.15, -0.1) is 0 Å². The number of rotatable bonds is 4. The van der Waals surface area contributed by atoms with Gasteiger partial charge < -0.3 is 16.4 Å². The minimum absolute atomic E-state index is 0.268. The van der Waals surface area contributed by atoms with Crippen LogP contribution in [0.4, 0.5) is 0 Å². The van der Waals surface area contributed by atoms with Crippen molar-refractivity contribution in [2.45, 2.75) is 31.6 Å². The Kier molecular flexibility index (Phi) is 4.50. The predicted molar refractivity (Wildman–Crippen MR) is 88.3 cm³/mol. The summed E-state index contributed by atoms with van der Waals surface area (Å²) < 4.78 is 0. The molecule has 1 aromatic carbocycles. The zero-order valence-corrected chi connectivity index (χ0v) is 13.2. The number of hydrogen-bond donors (Lipinski definition) is 2. The first-order valence-electron chi connectivity index (χ1n) is 8.44. The van der Waals surface area contributed by atoms with Crippen LogP contribution in [0.25, 0.3) is 0 Å². The number of carbonyl (C=O) groups excluding carboxylic acids is 1. The van der Waals surface area contributed by atoms with Crippen molar-refractivity contribution in [3.05, 3.63) is 35.9 Å². The molecule has 1 aromatic rings. The molecule has 4 heteroatoms. The Morgan fingerprint density at radius 3 is 2.41 bits per heavy atom. The average molecular weight is 301 g/mol. The van der Waals surface area contributed by atoms with Gasteiger partial charge in [0.15, 0.2) is 0 Å². The molecule has 2 fully saturated rings. The zero-order chi connectivity index (χ0) is 15.6. The van der Waals surface area contributed by atoms with E-state index >= 15 is 0 Å². The number of amides is 1. The van der Waals surface area contributed by atoms with E-state index in [0.29, 0.717) is 24.9 Å². The fourth-order valence-electron chi connectivity index (χ4n) is 4.25. The van der Waals surface area contributed by atoms with Crippen molar-refractivity contribution < 1.29 is 4.79 Å². The molecule has 2 aliphatic rings. The number of likely N-dealkylation sites (tertiary alicyclic amines) is 1. The van der Waals surface area contributed by atoms with Crippen LogP contribution in [0.15, 0.2) is 30.3 Å². The van der Waals surface area contributed by atoms with E-state index in [0.717, 1.165) is 38.8 Å². The molecule has 0 bridgehead atoms. The molecule has 3 rings (SSSR count). The lowest BCUT2D eigenvalue weighted by Gasteiger charge is -2.31. The maximum absolute atomic E-state index is 13.0. The van der Waals surface area contributed by atoms with E-state index in [1.807, 2.05) is 11.0 Å². The van der Waals surface area contributed by atoms with Gasteiger partial charge in [-0.2, -0.15) is 0 Å². The van der Waals surface area contributed by atoms with Crippen LogP contribution < -0.4 is 11.5 Å². The first kappa shape index (κ1) is 15.5. The molecule has 1 saturated carbocycles. The van der Waals surface area contributed by atoms with Crippen molar-refractivity contribution in [2.24, 2.45) is 22.8 Å². The van der Waals surface area contributed by atoms with Crippen molar-refractivity contribution in [3.63, 3.8) is 0 Å². The minimum Gasteiger partial charge on any atom is -0.341 e. The molecule has 0 aromatic heterocycles. The fraction of sp³-hybridized carbons (Fsp3) is 0.611. The second-order valence-corrected chi connectivity index (χ2v) is 6.91. The molecule has 4 N–H and O–H groups in total. The summed E-state index contributed by atoms with van der Waals surface area (Å²) in [5, 5.41) is 0. The molecule has 2 atom stereocenters. The van der Waals surface area contributed by atoms with E-state index in [1.54, 1.807) is 0 Å². The van der Waals surface area contributed by atoms with E-state index in [4.69, 9.17) is 11.5 Å². The van der Waals surface area contributed by atoms with Gasteiger partial charge in [0.2, 0.25) is 5.91 Å². The van der Waals surface area contributed by atoms with Crippen LogP contribution in [0.3, 0.4) is 0 Å². The van der Waals surface area contributed by atoms with Gasteiger partial charge in [-0.3, -0.25) is 4.79 Å². The summed E-state index contributed by atoms with van der Waals surface area (Å²) >= 11 is 0. The maximum Gasteiger partial charge on any atom is 0.230 e. The molecule has 0 radical (unpaired) electrons. The lowest BCUT2D eigenvalue weighted by Crippen LogP contribution is -2.46. The van der Waals surface area contributed by atoms with Gasteiger partial charge in [-0.1, -0.05) is 43.2 Å². The maximum atomic E-state index is 13.0. The first-order chi connectivity index (χ1) is 10.7. The van der Waals surface area contributed by atoms with Crippen LogP contribution in [0.2, 0.25) is 0 Å². The molecule has 1 aliphatic carbocycles. The van der Waals surface area contributed by atoms with Crippen molar-refractivity contribution in [3.8, 4) is 0 Å². The highest BCUT2D eigenvalue weighted by molar-refractivity contribution is 5.83. The van der Waals surface area contributed by atoms with Crippen LogP contribution in [-0.4, -0.2) is 37.0 Å². The molecule has 1 saturated heterocycles. The van der Waals surface area contributed by atoms with Crippen LogP contribution in [0.5, 0.6) is 0 Å². The Morgan fingerprint density at radius 1 is 1.14 bits per heavy atom. The third-order valence-corrected chi connectivity index (χ3v) is 5.66. The molecule has 120 valence electrons. The monoisotopic (exact) mass is 301 g/mol. The zero-order valence-electron chi connectivity index (χ0n) is 13.2. The topological polar surface area (TPSA) is 72.3 Å². The van der Waals surface area contributed by atoms with Crippen LogP contribution >= 0.6 is 0 Å². The van der Waals surface area contributed by atoms with Gasteiger partial charge in [0.25, 0.3) is 0 Å². The van der Waals surface area contributed by atoms with E-state index in [1.165, 1.54) is 5.56 Å². The van der Waals surface area contributed by atoms with Gasteiger partial charge >= 0.3 is 0 Å². The molecular formula is C18H27N3O. The number of carbonyl (C=O) groups is 1. The summed E-state index contributed by atoms with van der Waals surface area (Å²) in [5.41, 5.74) is 13.0. The van der Waals surface area contributed by atoms with E-state index in [2.05, 4.69) is 24.3 Å². The number of nitrogens with two attached hydrogens (primary N) is 2. The first-order valence-corrected chi connectivity index (χ1v) is 8.44. The molecule has 0 spiro atoms. The highest BCUT2D eigenvalue weighted by atomic mass is 16.2. The third kappa shape index (κ3) is 2.66. The predicted octanol–water partition coefficient (Wildman–Crippen LogP) is 1.71. The van der Waals surface area contributed by atoms with Gasteiger partial charge in [0.1, 0.15) is 0 Å².